The summed E-state index contributed by atoms with van der Waals surface area (Å²) in [6, 6.07) is 7.80. The molecule has 0 saturated carbocycles. The van der Waals surface area contributed by atoms with Crippen molar-refractivity contribution in [2.45, 2.75) is 19.9 Å². The topological polar surface area (TPSA) is 53.3 Å². The monoisotopic (exact) mass is 258 g/mol. The third kappa shape index (κ3) is 3.12. The Bertz CT molecular complexity index is 519. The number of Topliss-reactive ketones (excluding diaryl/α,β-unsaturated/α-hetero) is 1. The number of methoxy groups -OCH3 is 1. The van der Waals surface area contributed by atoms with Crippen LogP contribution in [0.3, 0.4) is 0 Å². The van der Waals surface area contributed by atoms with Gasteiger partial charge in [-0.05, 0) is 17.7 Å². The van der Waals surface area contributed by atoms with Crippen LogP contribution < -0.4 is 4.74 Å². The first-order valence-corrected chi connectivity index (χ1v) is 6.46. The molecule has 0 aromatic heterocycles. The molecule has 0 aliphatic carbocycles. The molecule has 0 spiro atoms. The van der Waals surface area contributed by atoms with E-state index in [-0.39, 0.29) is 5.92 Å². The van der Waals surface area contributed by atoms with Gasteiger partial charge in [0.25, 0.3) is 0 Å². The molecule has 1 aromatic carbocycles. The van der Waals surface area contributed by atoms with Gasteiger partial charge in [0.1, 0.15) is 17.6 Å². The first-order chi connectivity index (χ1) is 9.13. The first kappa shape index (κ1) is 13.6. The van der Waals surface area contributed by atoms with Crippen LogP contribution in [-0.4, -0.2) is 30.9 Å². The molecule has 0 bridgehead atoms. The maximum absolute atomic E-state index is 11.5. The summed E-state index contributed by atoms with van der Waals surface area (Å²) in [5.41, 5.74) is 1.64. The largest absolute Gasteiger partial charge is 0.495 e. The molecule has 1 atom stereocenters. The van der Waals surface area contributed by atoms with Gasteiger partial charge >= 0.3 is 0 Å². The lowest BCUT2D eigenvalue weighted by Gasteiger charge is -2.30. The SMILES string of the molecule is COc1ccc(CN2CCC(=O)C(C)C2)cc1C#N. The molecule has 1 aromatic rings. The summed E-state index contributed by atoms with van der Waals surface area (Å²) in [4.78, 5) is 13.7. The second kappa shape index (κ2) is 5.85. The van der Waals surface area contributed by atoms with E-state index in [9.17, 15) is 4.79 Å². The van der Waals surface area contributed by atoms with Gasteiger partial charge in [0.05, 0.1) is 12.7 Å². The molecule has 100 valence electrons. The third-order valence-corrected chi connectivity index (χ3v) is 3.55. The summed E-state index contributed by atoms with van der Waals surface area (Å²) < 4.78 is 5.13. The number of hydrogen-bond acceptors (Lipinski definition) is 4. The fourth-order valence-corrected chi connectivity index (χ4v) is 2.44. The van der Waals surface area contributed by atoms with Gasteiger partial charge in [-0.1, -0.05) is 13.0 Å². The van der Waals surface area contributed by atoms with Gasteiger partial charge in [0.2, 0.25) is 0 Å². The lowest BCUT2D eigenvalue weighted by atomic mass is 9.98. The zero-order chi connectivity index (χ0) is 13.8. The normalized spacial score (nSPS) is 20.1. The number of benzene rings is 1. The highest BCUT2D eigenvalue weighted by Crippen LogP contribution is 2.21. The van der Waals surface area contributed by atoms with Gasteiger partial charge in [-0.2, -0.15) is 5.26 Å². The predicted octanol–water partition coefficient (Wildman–Crippen LogP) is 1.98. The smallest absolute Gasteiger partial charge is 0.138 e. The second-order valence-corrected chi connectivity index (χ2v) is 5.00. The molecular formula is C15H18N2O2. The van der Waals surface area contributed by atoms with Gasteiger partial charge in [-0.25, -0.2) is 0 Å². The molecule has 19 heavy (non-hydrogen) atoms. The summed E-state index contributed by atoms with van der Waals surface area (Å²) in [7, 11) is 1.56. The van der Waals surface area contributed by atoms with Crippen molar-refractivity contribution >= 4 is 5.78 Å². The molecule has 0 amide bonds. The van der Waals surface area contributed by atoms with Crippen molar-refractivity contribution in [2.75, 3.05) is 20.2 Å². The average molecular weight is 258 g/mol. The fourth-order valence-electron chi connectivity index (χ4n) is 2.44. The molecular weight excluding hydrogens is 240 g/mol. The van der Waals surface area contributed by atoms with Gasteiger partial charge < -0.3 is 4.74 Å². The van der Waals surface area contributed by atoms with Gasteiger partial charge in [0, 0.05) is 32.0 Å². The van der Waals surface area contributed by atoms with E-state index in [0.717, 1.165) is 25.2 Å². The molecule has 0 N–H and O–H groups in total. The van der Waals surface area contributed by atoms with Crippen molar-refractivity contribution in [1.29, 1.82) is 5.26 Å². The highest BCUT2D eigenvalue weighted by Gasteiger charge is 2.23. The van der Waals surface area contributed by atoms with E-state index in [4.69, 9.17) is 10.00 Å². The first-order valence-electron chi connectivity index (χ1n) is 6.46. The molecule has 4 heteroatoms. The number of carbonyl (C=O) groups excluding carboxylic acids is 1. The quantitative estimate of drug-likeness (QED) is 0.832. The van der Waals surface area contributed by atoms with Gasteiger partial charge in [-0.15, -0.1) is 0 Å². The highest BCUT2D eigenvalue weighted by molar-refractivity contribution is 5.81. The molecule has 1 saturated heterocycles. The van der Waals surface area contributed by atoms with Crippen LogP contribution in [0.1, 0.15) is 24.5 Å². The molecule has 1 unspecified atom stereocenters. The van der Waals surface area contributed by atoms with Crippen molar-refractivity contribution in [3.63, 3.8) is 0 Å². The molecule has 2 rings (SSSR count). The van der Waals surface area contributed by atoms with Crippen molar-refractivity contribution < 1.29 is 9.53 Å². The molecule has 1 aliphatic heterocycles. The lowest BCUT2D eigenvalue weighted by molar-refractivity contribution is -0.125. The van der Waals surface area contributed by atoms with E-state index in [0.29, 0.717) is 23.5 Å². The number of nitrogens with zero attached hydrogens (tertiary/aromatic N) is 2. The summed E-state index contributed by atoms with van der Waals surface area (Å²) >= 11 is 0. The van der Waals surface area contributed by atoms with Crippen molar-refractivity contribution in [1.82, 2.24) is 4.90 Å². The Kier molecular flexibility index (Phi) is 4.18. The zero-order valence-corrected chi connectivity index (χ0v) is 11.3. The van der Waals surface area contributed by atoms with Crippen molar-refractivity contribution in [3.8, 4) is 11.8 Å². The van der Waals surface area contributed by atoms with Crippen LogP contribution in [0.4, 0.5) is 0 Å². The van der Waals surface area contributed by atoms with Crippen LogP contribution in [0.25, 0.3) is 0 Å². The van der Waals surface area contributed by atoms with Crippen LogP contribution in [0.2, 0.25) is 0 Å². The number of ketones is 1. The van der Waals surface area contributed by atoms with E-state index in [1.807, 2.05) is 25.1 Å². The molecule has 1 heterocycles. The Balaban J connectivity index is 2.08. The molecule has 1 aliphatic rings. The van der Waals surface area contributed by atoms with E-state index >= 15 is 0 Å². The van der Waals surface area contributed by atoms with E-state index in [1.54, 1.807) is 7.11 Å². The third-order valence-electron chi connectivity index (χ3n) is 3.55. The zero-order valence-electron chi connectivity index (χ0n) is 11.3. The van der Waals surface area contributed by atoms with Crippen LogP contribution in [-0.2, 0) is 11.3 Å². The van der Waals surface area contributed by atoms with Gasteiger partial charge in [0.15, 0.2) is 0 Å². The second-order valence-electron chi connectivity index (χ2n) is 5.00. The minimum absolute atomic E-state index is 0.113. The Morgan fingerprint density at radius 2 is 2.32 bits per heavy atom. The Morgan fingerprint density at radius 1 is 1.53 bits per heavy atom. The minimum Gasteiger partial charge on any atom is -0.495 e. The van der Waals surface area contributed by atoms with E-state index < -0.39 is 0 Å². The van der Waals surface area contributed by atoms with Crippen molar-refractivity contribution in [3.05, 3.63) is 29.3 Å². The standard InChI is InChI=1S/C15H18N2O2/c1-11-9-17(6-5-14(11)18)10-12-3-4-15(19-2)13(7-12)8-16/h3-4,7,11H,5-6,9-10H2,1-2H3. The lowest BCUT2D eigenvalue weighted by Crippen LogP contribution is -2.39. The average Bonchev–Trinajstić information content (AvgIpc) is 2.43. The Hall–Kier alpha value is -1.86. The Labute approximate surface area is 113 Å². The summed E-state index contributed by atoms with van der Waals surface area (Å²) in [5, 5.41) is 9.07. The maximum atomic E-state index is 11.5. The number of rotatable bonds is 3. The Morgan fingerprint density at radius 3 is 2.95 bits per heavy atom. The summed E-state index contributed by atoms with van der Waals surface area (Å²) in [5.74, 6) is 1.07. The van der Waals surface area contributed by atoms with Crippen LogP contribution >= 0.6 is 0 Å². The maximum Gasteiger partial charge on any atom is 0.138 e. The minimum atomic E-state index is 0.113. The van der Waals surface area contributed by atoms with E-state index in [2.05, 4.69) is 11.0 Å². The molecule has 4 nitrogen and oxygen atoms in total. The number of likely N-dealkylation sites (tertiary alicyclic amines) is 1. The number of piperidine rings is 1. The number of nitriles is 1. The summed E-state index contributed by atoms with van der Waals surface area (Å²) in [6.45, 7) is 4.35. The fraction of sp³-hybridized carbons (Fsp3) is 0.467. The molecule has 0 radical (unpaired) electrons. The number of ether oxygens (including phenoxy) is 1. The van der Waals surface area contributed by atoms with Crippen LogP contribution in [0.15, 0.2) is 18.2 Å². The van der Waals surface area contributed by atoms with Crippen molar-refractivity contribution in [2.24, 2.45) is 5.92 Å². The van der Waals surface area contributed by atoms with Gasteiger partial charge in [-0.3, -0.25) is 9.69 Å². The van der Waals surface area contributed by atoms with E-state index in [1.165, 1.54) is 0 Å². The number of carbonyl (C=O) groups is 1. The van der Waals surface area contributed by atoms with Crippen LogP contribution in [0, 0.1) is 17.2 Å². The van der Waals surface area contributed by atoms with Crippen LogP contribution in [0.5, 0.6) is 5.75 Å². The summed E-state index contributed by atoms with van der Waals surface area (Å²) in [6.07, 6.45) is 0.627. The predicted molar refractivity (Wildman–Crippen MR) is 71.8 cm³/mol. The molecule has 1 fully saturated rings. The highest BCUT2D eigenvalue weighted by atomic mass is 16.5. The number of hydrogen-bond donors (Lipinski definition) is 0.